The van der Waals surface area contributed by atoms with Gasteiger partial charge >= 0.3 is 0 Å². The standard InChI is InChI=1S/C22H30N2O/c25-21(24-19-8-9-20(24)15-23-11-10-19)22(13-16-4-2-1-3-5-16)14-17-6-7-18(22)12-17/h1-5,17-20,23H,6-15H2. The van der Waals surface area contributed by atoms with Crippen molar-refractivity contribution in [2.45, 2.75) is 63.5 Å². The lowest BCUT2D eigenvalue weighted by Gasteiger charge is -2.42. The third kappa shape index (κ3) is 2.54. The Kier molecular flexibility index (Phi) is 3.89. The van der Waals surface area contributed by atoms with Crippen LogP contribution in [0, 0.1) is 17.3 Å². The summed E-state index contributed by atoms with van der Waals surface area (Å²) in [4.78, 5) is 16.4. The second-order valence-electron chi connectivity index (χ2n) is 8.99. The summed E-state index contributed by atoms with van der Waals surface area (Å²) < 4.78 is 0. The number of hydrogen-bond donors (Lipinski definition) is 1. The highest BCUT2D eigenvalue weighted by Gasteiger charge is 2.58. The lowest BCUT2D eigenvalue weighted by atomic mass is 9.68. The van der Waals surface area contributed by atoms with Gasteiger partial charge in [0, 0.05) is 18.6 Å². The van der Waals surface area contributed by atoms with E-state index in [0.29, 0.717) is 23.9 Å². The van der Waals surface area contributed by atoms with Crippen molar-refractivity contribution >= 4 is 5.91 Å². The molecule has 2 aliphatic carbocycles. The zero-order valence-electron chi connectivity index (χ0n) is 15.1. The van der Waals surface area contributed by atoms with Crippen LogP contribution in [0.25, 0.3) is 0 Å². The Hall–Kier alpha value is -1.35. The van der Waals surface area contributed by atoms with E-state index in [9.17, 15) is 4.79 Å². The molecule has 1 amide bonds. The molecule has 4 aliphatic rings. The highest BCUT2D eigenvalue weighted by atomic mass is 16.2. The molecule has 25 heavy (non-hydrogen) atoms. The molecule has 1 N–H and O–H groups in total. The molecule has 2 saturated carbocycles. The second-order valence-corrected chi connectivity index (χ2v) is 8.99. The van der Waals surface area contributed by atoms with Crippen LogP contribution < -0.4 is 5.32 Å². The van der Waals surface area contributed by atoms with Crippen LogP contribution in [0.5, 0.6) is 0 Å². The molecule has 4 bridgehead atoms. The van der Waals surface area contributed by atoms with Crippen LogP contribution in [0.2, 0.25) is 0 Å². The van der Waals surface area contributed by atoms with Crippen molar-refractivity contribution in [2.75, 3.05) is 13.1 Å². The number of amides is 1. The van der Waals surface area contributed by atoms with Crippen molar-refractivity contribution in [3.63, 3.8) is 0 Å². The molecular formula is C22H30N2O. The Bertz CT molecular complexity index is 631. The first kappa shape index (κ1) is 15.9. The maximum absolute atomic E-state index is 14.0. The van der Waals surface area contributed by atoms with Crippen LogP contribution in [-0.2, 0) is 11.2 Å². The first-order chi connectivity index (χ1) is 12.3. The Morgan fingerprint density at radius 1 is 1.08 bits per heavy atom. The average Bonchev–Trinajstić information content (AvgIpc) is 3.28. The number of hydrogen-bond acceptors (Lipinski definition) is 2. The van der Waals surface area contributed by atoms with Gasteiger partial charge in [-0.05, 0) is 68.9 Å². The van der Waals surface area contributed by atoms with Crippen molar-refractivity contribution in [1.82, 2.24) is 10.2 Å². The molecule has 5 unspecified atom stereocenters. The first-order valence-corrected chi connectivity index (χ1v) is 10.3. The lowest BCUT2D eigenvalue weighted by molar-refractivity contribution is -0.148. The summed E-state index contributed by atoms with van der Waals surface area (Å²) in [7, 11) is 0. The highest BCUT2D eigenvalue weighted by Crippen LogP contribution is 2.58. The van der Waals surface area contributed by atoms with E-state index in [-0.39, 0.29) is 5.41 Å². The zero-order chi connectivity index (χ0) is 16.9. The van der Waals surface area contributed by atoms with Gasteiger partial charge in [0.1, 0.15) is 0 Å². The predicted molar refractivity (Wildman–Crippen MR) is 99.2 cm³/mol. The van der Waals surface area contributed by atoms with Gasteiger partial charge in [-0.2, -0.15) is 0 Å². The number of benzene rings is 1. The molecule has 0 radical (unpaired) electrons. The van der Waals surface area contributed by atoms with Crippen LogP contribution in [-0.4, -0.2) is 36.0 Å². The fourth-order valence-corrected chi connectivity index (χ4v) is 6.53. The third-order valence-electron chi connectivity index (χ3n) is 7.65. The fourth-order valence-electron chi connectivity index (χ4n) is 6.53. The van der Waals surface area contributed by atoms with Crippen LogP contribution in [0.4, 0.5) is 0 Å². The topological polar surface area (TPSA) is 32.3 Å². The summed E-state index contributed by atoms with van der Waals surface area (Å²) in [5, 5.41) is 3.56. The van der Waals surface area contributed by atoms with Crippen LogP contribution in [0.15, 0.2) is 30.3 Å². The smallest absolute Gasteiger partial charge is 0.229 e. The minimum Gasteiger partial charge on any atom is -0.335 e. The monoisotopic (exact) mass is 338 g/mol. The lowest BCUT2D eigenvalue weighted by Crippen LogP contribution is -2.53. The van der Waals surface area contributed by atoms with E-state index in [1.165, 1.54) is 37.7 Å². The third-order valence-corrected chi connectivity index (χ3v) is 7.65. The molecular weight excluding hydrogens is 308 g/mol. The van der Waals surface area contributed by atoms with Gasteiger partial charge in [-0.1, -0.05) is 36.8 Å². The van der Waals surface area contributed by atoms with Crippen molar-refractivity contribution in [3.05, 3.63) is 35.9 Å². The van der Waals surface area contributed by atoms with Crippen LogP contribution >= 0.6 is 0 Å². The molecule has 5 rings (SSSR count). The van der Waals surface area contributed by atoms with Crippen LogP contribution in [0.3, 0.4) is 0 Å². The number of fused-ring (bicyclic) bond motifs is 4. The van der Waals surface area contributed by atoms with Gasteiger partial charge in [0.25, 0.3) is 0 Å². The predicted octanol–water partition coefficient (Wildman–Crippen LogP) is 3.39. The number of nitrogens with one attached hydrogen (secondary N) is 1. The van der Waals surface area contributed by atoms with Crippen molar-refractivity contribution < 1.29 is 4.79 Å². The summed E-state index contributed by atoms with van der Waals surface area (Å²) in [5.41, 5.74) is 1.24. The number of carbonyl (C=O) groups is 1. The van der Waals surface area contributed by atoms with Gasteiger partial charge in [0.2, 0.25) is 5.91 Å². The number of carbonyl (C=O) groups excluding carboxylic acids is 1. The molecule has 3 heteroatoms. The summed E-state index contributed by atoms with van der Waals surface area (Å²) in [6.45, 7) is 2.07. The molecule has 4 fully saturated rings. The van der Waals surface area contributed by atoms with Crippen molar-refractivity contribution in [1.29, 1.82) is 0 Å². The normalized spacial score (nSPS) is 39.6. The average molecular weight is 338 g/mol. The Labute approximate surface area is 151 Å². The second kappa shape index (κ2) is 6.12. The molecule has 3 nitrogen and oxygen atoms in total. The number of rotatable bonds is 3. The van der Waals surface area contributed by atoms with Crippen LogP contribution in [0.1, 0.15) is 50.5 Å². The molecule has 1 aromatic carbocycles. The Morgan fingerprint density at radius 2 is 1.92 bits per heavy atom. The molecule has 2 aliphatic heterocycles. The summed E-state index contributed by atoms with van der Waals surface area (Å²) in [6, 6.07) is 11.7. The quantitative estimate of drug-likeness (QED) is 0.916. The van der Waals surface area contributed by atoms with Gasteiger partial charge in [0.15, 0.2) is 0 Å². The van der Waals surface area contributed by atoms with E-state index in [4.69, 9.17) is 0 Å². The summed E-state index contributed by atoms with van der Waals surface area (Å²) in [6.07, 6.45) is 9.55. The van der Waals surface area contributed by atoms with E-state index >= 15 is 0 Å². The van der Waals surface area contributed by atoms with Gasteiger partial charge in [-0.15, -0.1) is 0 Å². The molecule has 5 atom stereocenters. The van der Waals surface area contributed by atoms with Gasteiger partial charge in [-0.25, -0.2) is 0 Å². The SMILES string of the molecule is O=C(N1C2CCNCC1CC2)C1(Cc2ccccc2)CC2CCC1C2. The maximum Gasteiger partial charge on any atom is 0.229 e. The van der Waals surface area contributed by atoms with E-state index < -0.39 is 0 Å². The first-order valence-electron chi connectivity index (χ1n) is 10.3. The van der Waals surface area contributed by atoms with Crippen molar-refractivity contribution in [2.24, 2.45) is 17.3 Å². The van der Waals surface area contributed by atoms with E-state index in [0.717, 1.165) is 38.3 Å². The number of nitrogens with zero attached hydrogens (tertiary/aromatic N) is 1. The Morgan fingerprint density at radius 3 is 2.68 bits per heavy atom. The minimum absolute atomic E-state index is 0.116. The maximum atomic E-state index is 14.0. The molecule has 0 aromatic heterocycles. The van der Waals surface area contributed by atoms with Gasteiger partial charge in [-0.3, -0.25) is 4.79 Å². The van der Waals surface area contributed by atoms with E-state index in [2.05, 4.69) is 40.5 Å². The fraction of sp³-hybridized carbons (Fsp3) is 0.682. The largest absolute Gasteiger partial charge is 0.335 e. The van der Waals surface area contributed by atoms with Crippen molar-refractivity contribution in [3.8, 4) is 0 Å². The summed E-state index contributed by atoms with van der Waals surface area (Å²) in [5.74, 6) is 1.92. The van der Waals surface area contributed by atoms with E-state index in [1.807, 2.05) is 0 Å². The minimum atomic E-state index is -0.116. The molecule has 2 saturated heterocycles. The van der Waals surface area contributed by atoms with E-state index in [1.54, 1.807) is 0 Å². The zero-order valence-corrected chi connectivity index (χ0v) is 15.1. The van der Waals surface area contributed by atoms with Gasteiger partial charge in [0.05, 0.1) is 5.41 Å². The molecule has 134 valence electrons. The Balaban J connectivity index is 1.49. The highest BCUT2D eigenvalue weighted by molar-refractivity contribution is 5.85. The molecule has 2 heterocycles. The summed E-state index contributed by atoms with van der Waals surface area (Å²) >= 11 is 0. The van der Waals surface area contributed by atoms with Gasteiger partial charge < -0.3 is 10.2 Å². The molecule has 0 spiro atoms. The molecule has 1 aromatic rings.